The molecule has 0 bridgehead atoms. The third kappa shape index (κ3) is 4.73. The van der Waals surface area contributed by atoms with Crippen molar-refractivity contribution in [3.8, 4) is 0 Å². The molecular weight excluding hydrogens is 384 g/mol. The van der Waals surface area contributed by atoms with Gasteiger partial charge in [-0.2, -0.15) is 0 Å². The molecule has 1 aromatic heterocycles. The summed E-state index contributed by atoms with van der Waals surface area (Å²) in [6.07, 6.45) is 11.4. The zero-order valence-corrected chi connectivity index (χ0v) is 19.6. The van der Waals surface area contributed by atoms with Gasteiger partial charge in [0.15, 0.2) is 0 Å². The van der Waals surface area contributed by atoms with Crippen LogP contribution in [0.5, 0.6) is 0 Å². The minimum Gasteiger partial charge on any atom is -0.328 e. The van der Waals surface area contributed by atoms with E-state index in [0.717, 1.165) is 43.1 Å². The molecule has 31 heavy (non-hydrogen) atoms. The number of para-hydroxylation sites is 1. The van der Waals surface area contributed by atoms with Crippen molar-refractivity contribution in [2.24, 2.45) is 5.73 Å². The molecule has 1 saturated heterocycles. The van der Waals surface area contributed by atoms with Crippen LogP contribution < -0.4 is 11.3 Å². The molecule has 3 N–H and O–H groups in total. The SMILES string of the molecule is CCCCC(c1cccc2[nH]c(=O)c(C3CCCC(N)C3)nc12)N1C(C)CCCC1C. The van der Waals surface area contributed by atoms with Crippen molar-refractivity contribution in [2.45, 2.75) is 115 Å². The van der Waals surface area contributed by atoms with Gasteiger partial charge in [0.2, 0.25) is 0 Å². The number of nitrogens with two attached hydrogens (primary N) is 1. The summed E-state index contributed by atoms with van der Waals surface area (Å²) in [4.78, 5) is 23.9. The lowest BCUT2D eigenvalue weighted by molar-refractivity contribution is 0.0495. The molecule has 1 aromatic carbocycles. The number of likely N-dealkylation sites (tertiary alicyclic amines) is 1. The molecule has 1 aliphatic carbocycles. The van der Waals surface area contributed by atoms with Gasteiger partial charge in [-0.25, -0.2) is 4.98 Å². The van der Waals surface area contributed by atoms with E-state index < -0.39 is 0 Å². The summed E-state index contributed by atoms with van der Waals surface area (Å²) in [6, 6.07) is 8.00. The number of piperidine rings is 1. The van der Waals surface area contributed by atoms with Gasteiger partial charge in [-0.15, -0.1) is 0 Å². The standard InChI is InChI=1S/C26H40N4O/c1-4-5-15-23(30-17(2)9-6-10-18(30)3)21-13-8-14-22-25(21)29-24(26(31)28-22)19-11-7-12-20(27)16-19/h8,13-14,17-20,23H,4-7,9-12,15-16,27H2,1-3H3,(H,28,31). The minimum atomic E-state index is -0.0337. The molecule has 1 saturated carbocycles. The van der Waals surface area contributed by atoms with E-state index in [4.69, 9.17) is 10.7 Å². The van der Waals surface area contributed by atoms with Crippen LogP contribution in [0.4, 0.5) is 0 Å². The number of nitrogens with zero attached hydrogens (tertiary/aromatic N) is 2. The van der Waals surface area contributed by atoms with Crippen molar-refractivity contribution in [2.75, 3.05) is 0 Å². The maximum Gasteiger partial charge on any atom is 0.270 e. The molecule has 2 aliphatic rings. The Morgan fingerprint density at radius 2 is 1.90 bits per heavy atom. The maximum atomic E-state index is 12.9. The van der Waals surface area contributed by atoms with Crippen molar-refractivity contribution >= 4 is 11.0 Å². The van der Waals surface area contributed by atoms with Gasteiger partial charge in [-0.3, -0.25) is 9.69 Å². The summed E-state index contributed by atoms with van der Waals surface area (Å²) in [7, 11) is 0. The van der Waals surface area contributed by atoms with Crippen molar-refractivity contribution < 1.29 is 0 Å². The van der Waals surface area contributed by atoms with Crippen molar-refractivity contribution in [3.05, 3.63) is 39.8 Å². The monoisotopic (exact) mass is 424 g/mol. The van der Waals surface area contributed by atoms with E-state index in [-0.39, 0.29) is 17.5 Å². The van der Waals surface area contributed by atoms with Crippen LogP contribution in [0.15, 0.2) is 23.0 Å². The molecule has 2 aromatic rings. The first-order valence-corrected chi connectivity index (χ1v) is 12.6. The van der Waals surface area contributed by atoms with E-state index in [0.29, 0.717) is 23.8 Å². The summed E-state index contributed by atoms with van der Waals surface area (Å²) < 4.78 is 0. The van der Waals surface area contributed by atoms with Gasteiger partial charge in [-0.05, 0) is 64.0 Å². The zero-order valence-electron chi connectivity index (χ0n) is 19.6. The fourth-order valence-electron chi connectivity index (χ4n) is 6.08. The van der Waals surface area contributed by atoms with E-state index in [9.17, 15) is 4.79 Å². The molecule has 2 heterocycles. The Balaban J connectivity index is 1.80. The molecule has 0 spiro atoms. The Labute approximate surface area is 186 Å². The lowest BCUT2D eigenvalue weighted by Gasteiger charge is -2.44. The number of fused-ring (bicyclic) bond motifs is 1. The van der Waals surface area contributed by atoms with E-state index in [2.05, 4.69) is 42.8 Å². The van der Waals surface area contributed by atoms with Crippen LogP contribution in [-0.2, 0) is 0 Å². The van der Waals surface area contributed by atoms with Gasteiger partial charge in [0.25, 0.3) is 5.56 Å². The second-order valence-electron chi connectivity index (χ2n) is 10.1. The second kappa shape index (κ2) is 9.83. The van der Waals surface area contributed by atoms with Gasteiger partial charge in [0.1, 0.15) is 5.69 Å². The normalized spacial score (nSPS) is 28.6. The average Bonchev–Trinajstić information content (AvgIpc) is 2.75. The molecule has 170 valence electrons. The number of benzene rings is 1. The number of aromatic nitrogens is 2. The molecule has 2 fully saturated rings. The van der Waals surface area contributed by atoms with E-state index in [1.807, 2.05) is 6.07 Å². The largest absolute Gasteiger partial charge is 0.328 e. The molecule has 1 aliphatic heterocycles. The van der Waals surface area contributed by atoms with Crippen molar-refractivity contribution in [3.63, 3.8) is 0 Å². The Bertz CT molecular complexity index is 929. The average molecular weight is 425 g/mol. The highest BCUT2D eigenvalue weighted by Gasteiger charge is 2.33. The van der Waals surface area contributed by atoms with Crippen LogP contribution in [0, 0.1) is 0 Å². The minimum absolute atomic E-state index is 0.0337. The third-order valence-corrected chi connectivity index (χ3v) is 7.69. The predicted molar refractivity (Wildman–Crippen MR) is 128 cm³/mol. The molecule has 5 heteroatoms. The second-order valence-corrected chi connectivity index (χ2v) is 10.1. The third-order valence-electron chi connectivity index (χ3n) is 7.69. The highest BCUT2D eigenvalue weighted by Crippen LogP contribution is 2.38. The Morgan fingerprint density at radius 1 is 1.16 bits per heavy atom. The number of hydrogen-bond donors (Lipinski definition) is 2. The number of aromatic amines is 1. The van der Waals surface area contributed by atoms with Crippen molar-refractivity contribution in [1.29, 1.82) is 0 Å². The Hall–Kier alpha value is -1.72. The summed E-state index contributed by atoms with van der Waals surface area (Å²) >= 11 is 0. The first kappa shape index (κ1) is 22.5. The molecule has 0 radical (unpaired) electrons. The van der Waals surface area contributed by atoms with Crippen molar-refractivity contribution in [1.82, 2.24) is 14.9 Å². The molecule has 0 amide bonds. The summed E-state index contributed by atoms with van der Waals surface area (Å²) in [5, 5.41) is 0. The summed E-state index contributed by atoms with van der Waals surface area (Å²) in [5.74, 6) is 0.173. The molecule has 5 nitrogen and oxygen atoms in total. The number of rotatable bonds is 6. The first-order valence-electron chi connectivity index (χ1n) is 12.6. The smallest absolute Gasteiger partial charge is 0.270 e. The quantitative estimate of drug-likeness (QED) is 0.651. The Morgan fingerprint density at radius 3 is 2.61 bits per heavy atom. The number of hydrogen-bond acceptors (Lipinski definition) is 4. The molecule has 5 unspecified atom stereocenters. The summed E-state index contributed by atoms with van der Waals surface area (Å²) in [5.41, 5.74) is 10.0. The lowest BCUT2D eigenvalue weighted by Crippen LogP contribution is -2.46. The topological polar surface area (TPSA) is 75.0 Å². The fourth-order valence-corrected chi connectivity index (χ4v) is 6.08. The van der Waals surface area contributed by atoms with Crippen LogP contribution in [0.2, 0.25) is 0 Å². The van der Waals surface area contributed by atoms with Gasteiger partial charge >= 0.3 is 0 Å². The van der Waals surface area contributed by atoms with Gasteiger partial charge in [0, 0.05) is 30.1 Å². The number of H-pyrrole nitrogens is 1. The highest BCUT2D eigenvalue weighted by molar-refractivity contribution is 5.78. The van der Waals surface area contributed by atoms with Crippen LogP contribution in [0.25, 0.3) is 11.0 Å². The highest BCUT2D eigenvalue weighted by atomic mass is 16.1. The van der Waals surface area contributed by atoms with E-state index in [1.165, 1.54) is 37.7 Å². The van der Waals surface area contributed by atoms with E-state index in [1.54, 1.807) is 0 Å². The van der Waals surface area contributed by atoms with Crippen LogP contribution in [0.1, 0.15) is 108 Å². The number of nitrogens with one attached hydrogen (secondary N) is 1. The summed E-state index contributed by atoms with van der Waals surface area (Å²) in [6.45, 7) is 7.02. The molecule has 4 rings (SSSR count). The predicted octanol–water partition coefficient (Wildman–Crippen LogP) is 5.40. The van der Waals surface area contributed by atoms with Gasteiger partial charge in [0.05, 0.1) is 11.0 Å². The molecule has 5 atom stereocenters. The van der Waals surface area contributed by atoms with Crippen LogP contribution in [0.3, 0.4) is 0 Å². The Kier molecular flexibility index (Phi) is 7.12. The first-order chi connectivity index (χ1) is 15.0. The maximum absolute atomic E-state index is 12.9. The zero-order chi connectivity index (χ0) is 22.0. The number of unbranched alkanes of at least 4 members (excludes halogenated alkanes) is 1. The van der Waals surface area contributed by atoms with Crippen LogP contribution >= 0.6 is 0 Å². The lowest BCUT2D eigenvalue weighted by atomic mass is 9.84. The fraction of sp³-hybridized carbons (Fsp3) is 0.692. The van der Waals surface area contributed by atoms with Gasteiger partial charge < -0.3 is 10.7 Å². The van der Waals surface area contributed by atoms with Gasteiger partial charge in [-0.1, -0.05) is 44.7 Å². The van der Waals surface area contributed by atoms with E-state index >= 15 is 0 Å². The van der Waals surface area contributed by atoms with Crippen LogP contribution in [-0.4, -0.2) is 33.0 Å². The molecular formula is C26H40N4O.